The van der Waals surface area contributed by atoms with Crippen LogP contribution >= 0.6 is 0 Å². The molecule has 1 aliphatic rings. The molecule has 0 aromatic rings. The fraction of sp³-hybridized carbons (Fsp3) is 0.941. The molecule has 0 aliphatic heterocycles. The van der Waals surface area contributed by atoms with Gasteiger partial charge in [0.1, 0.15) is 6.10 Å². The number of carbonyl (C=O) groups excluding carboxylic acids is 1. The van der Waals surface area contributed by atoms with Gasteiger partial charge in [0.05, 0.1) is 0 Å². The lowest BCUT2D eigenvalue weighted by molar-refractivity contribution is -0.152. The quantitative estimate of drug-likeness (QED) is 0.724. The van der Waals surface area contributed by atoms with Crippen molar-refractivity contribution < 1.29 is 9.53 Å². The first kappa shape index (κ1) is 17.5. The van der Waals surface area contributed by atoms with Crippen molar-refractivity contribution >= 4 is 5.97 Å². The summed E-state index contributed by atoms with van der Waals surface area (Å²) < 4.78 is 5.67. The molecule has 0 bridgehead atoms. The van der Waals surface area contributed by atoms with E-state index in [4.69, 9.17) is 10.5 Å². The van der Waals surface area contributed by atoms with E-state index in [-0.39, 0.29) is 12.1 Å². The SMILES string of the molecule is CC1CC(C)CC(OC(=O)CCC(CCN)C(C)C)C1. The molecule has 0 aromatic carbocycles. The van der Waals surface area contributed by atoms with Crippen LogP contribution < -0.4 is 5.73 Å². The Kier molecular flexibility index (Phi) is 7.57. The van der Waals surface area contributed by atoms with Crippen LogP contribution in [0.15, 0.2) is 0 Å². The van der Waals surface area contributed by atoms with E-state index < -0.39 is 0 Å². The van der Waals surface area contributed by atoms with Crippen LogP contribution in [0.4, 0.5) is 0 Å². The molecule has 0 spiro atoms. The third kappa shape index (κ3) is 6.25. The first-order valence-electron chi connectivity index (χ1n) is 8.31. The predicted octanol–water partition coefficient (Wildman–Crippen LogP) is 3.76. The minimum Gasteiger partial charge on any atom is -0.462 e. The predicted molar refractivity (Wildman–Crippen MR) is 83.3 cm³/mol. The third-order valence-electron chi connectivity index (χ3n) is 4.63. The highest BCUT2D eigenvalue weighted by molar-refractivity contribution is 5.69. The topological polar surface area (TPSA) is 52.3 Å². The van der Waals surface area contributed by atoms with E-state index in [1.807, 2.05) is 0 Å². The van der Waals surface area contributed by atoms with Crippen LogP contribution in [0.25, 0.3) is 0 Å². The van der Waals surface area contributed by atoms with Crippen molar-refractivity contribution in [3.05, 3.63) is 0 Å². The normalized spacial score (nSPS) is 28.4. The van der Waals surface area contributed by atoms with Crippen molar-refractivity contribution in [3.8, 4) is 0 Å². The van der Waals surface area contributed by atoms with E-state index in [2.05, 4.69) is 27.7 Å². The zero-order chi connectivity index (χ0) is 15.1. The van der Waals surface area contributed by atoms with Gasteiger partial charge in [-0.05, 0) is 62.3 Å². The van der Waals surface area contributed by atoms with Crippen molar-refractivity contribution in [3.63, 3.8) is 0 Å². The number of esters is 1. The van der Waals surface area contributed by atoms with Crippen LogP contribution in [0.2, 0.25) is 0 Å². The van der Waals surface area contributed by atoms with Crippen LogP contribution in [-0.4, -0.2) is 18.6 Å². The van der Waals surface area contributed by atoms with Gasteiger partial charge in [0.15, 0.2) is 0 Å². The summed E-state index contributed by atoms with van der Waals surface area (Å²) in [6.45, 7) is 9.63. The minimum absolute atomic E-state index is 0.0148. The minimum atomic E-state index is -0.0148. The van der Waals surface area contributed by atoms with Gasteiger partial charge in [0.25, 0.3) is 0 Å². The maximum atomic E-state index is 12.0. The van der Waals surface area contributed by atoms with Gasteiger partial charge in [0, 0.05) is 6.42 Å². The van der Waals surface area contributed by atoms with E-state index in [0.717, 1.165) is 25.7 Å². The molecule has 0 radical (unpaired) electrons. The molecule has 3 unspecified atom stereocenters. The molecule has 20 heavy (non-hydrogen) atoms. The van der Waals surface area contributed by atoms with Crippen LogP contribution in [-0.2, 0) is 9.53 Å². The summed E-state index contributed by atoms with van der Waals surface area (Å²) in [6, 6.07) is 0. The Labute approximate surface area is 124 Å². The zero-order valence-electron chi connectivity index (χ0n) is 13.7. The molecule has 0 amide bonds. The van der Waals surface area contributed by atoms with Gasteiger partial charge >= 0.3 is 5.97 Å². The fourth-order valence-corrected chi connectivity index (χ4v) is 3.54. The summed E-state index contributed by atoms with van der Waals surface area (Å²) >= 11 is 0. The molecule has 118 valence electrons. The van der Waals surface area contributed by atoms with Gasteiger partial charge in [-0.25, -0.2) is 0 Å². The van der Waals surface area contributed by atoms with Crippen LogP contribution in [0.1, 0.15) is 66.2 Å². The third-order valence-corrected chi connectivity index (χ3v) is 4.63. The summed E-state index contributed by atoms with van der Waals surface area (Å²) in [7, 11) is 0. The number of hydrogen-bond donors (Lipinski definition) is 1. The van der Waals surface area contributed by atoms with E-state index in [1.54, 1.807) is 0 Å². The van der Waals surface area contributed by atoms with Crippen LogP contribution in [0, 0.1) is 23.7 Å². The fourth-order valence-electron chi connectivity index (χ4n) is 3.54. The highest BCUT2D eigenvalue weighted by Crippen LogP contribution is 2.30. The molecule has 0 saturated heterocycles. The lowest BCUT2D eigenvalue weighted by Crippen LogP contribution is -2.28. The van der Waals surface area contributed by atoms with Gasteiger partial charge in [-0.3, -0.25) is 4.79 Å². The summed E-state index contributed by atoms with van der Waals surface area (Å²) in [5.41, 5.74) is 5.64. The maximum absolute atomic E-state index is 12.0. The maximum Gasteiger partial charge on any atom is 0.306 e. The Balaban J connectivity index is 2.32. The number of nitrogens with two attached hydrogens (primary N) is 1. The molecule has 3 heteroatoms. The molecule has 2 N–H and O–H groups in total. The molecule has 1 fully saturated rings. The summed E-state index contributed by atoms with van der Waals surface area (Å²) in [4.78, 5) is 12.0. The van der Waals surface area contributed by atoms with Crippen molar-refractivity contribution in [1.82, 2.24) is 0 Å². The molecule has 1 aliphatic carbocycles. The van der Waals surface area contributed by atoms with Crippen LogP contribution in [0.3, 0.4) is 0 Å². The highest BCUT2D eigenvalue weighted by Gasteiger charge is 2.26. The Hall–Kier alpha value is -0.570. The molecule has 1 saturated carbocycles. The number of carbonyl (C=O) groups is 1. The summed E-state index contributed by atoms with van der Waals surface area (Å²) in [5, 5.41) is 0. The van der Waals surface area contributed by atoms with E-state index in [9.17, 15) is 4.79 Å². The zero-order valence-corrected chi connectivity index (χ0v) is 13.7. The van der Waals surface area contributed by atoms with Gasteiger partial charge in [-0.1, -0.05) is 27.7 Å². The monoisotopic (exact) mass is 283 g/mol. The molecule has 0 aromatic heterocycles. The number of hydrogen-bond acceptors (Lipinski definition) is 3. The molecule has 0 heterocycles. The first-order chi connectivity index (χ1) is 9.42. The van der Waals surface area contributed by atoms with Crippen molar-refractivity contribution in [2.45, 2.75) is 72.3 Å². The Morgan fingerprint density at radius 2 is 1.75 bits per heavy atom. The number of ether oxygens (including phenoxy) is 1. The van der Waals surface area contributed by atoms with Crippen molar-refractivity contribution in [1.29, 1.82) is 0 Å². The average molecular weight is 283 g/mol. The molecular formula is C17H33NO2. The molecule has 3 nitrogen and oxygen atoms in total. The molecular weight excluding hydrogens is 250 g/mol. The highest BCUT2D eigenvalue weighted by atomic mass is 16.5. The second-order valence-electron chi connectivity index (χ2n) is 7.15. The lowest BCUT2D eigenvalue weighted by Gasteiger charge is -2.31. The number of rotatable bonds is 7. The summed E-state index contributed by atoms with van der Waals surface area (Å²) in [6.07, 6.45) is 5.93. The Morgan fingerprint density at radius 1 is 1.15 bits per heavy atom. The largest absolute Gasteiger partial charge is 0.462 e. The second-order valence-corrected chi connectivity index (χ2v) is 7.15. The summed E-state index contributed by atoms with van der Waals surface area (Å²) in [5.74, 6) is 2.46. The van der Waals surface area contributed by atoms with Gasteiger partial charge in [-0.15, -0.1) is 0 Å². The van der Waals surface area contributed by atoms with Gasteiger partial charge < -0.3 is 10.5 Å². The first-order valence-corrected chi connectivity index (χ1v) is 8.31. The molecule has 3 atom stereocenters. The lowest BCUT2D eigenvalue weighted by atomic mass is 9.82. The van der Waals surface area contributed by atoms with Gasteiger partial charge in [0.2, 0.25) is 0 Å². The smallest absolute Gasteiger partial charge is 0.306 e. The van der Waals surface area contributed by atoms with Crippen LogP contribution in [0.5, 0.6) is 0 Å². The van der Waals surface area contributed by atoms with E-state index in [0.29, 0.717) is 36.6 Å². The Morgan fingerprint density at radius 3 is 2.25 bits per heavy atom. The molecule has 1 rings (SSSR count). The van der Waals surface area contributed by atoms with Crippen molar-refractivity contribution in [2.75, 3.05) is 6.54 Å². The van der Waals surface area contributed by atoms with E-state index >= 15 is 0 Å². The van der Waals surface area contributed by atoms with Gasteiger partial charge in [-0.2, -0.15) is 0 Å². The van der Waals surface area contributed by atoms with Crippen molar-refractivity contribution in [2.24, 2.45) is 29.4 Å². The van der Waals surface area contributed by atoms with E-state index in [1.165, 1.54) is 6.42 Å². The standard InChI is InChI=1S/C17H33NO2/c1-12(2)15(7-8-18)5-6-17(19)20-16-10-13(3)9-14(4)11-16/h12-16H,5-11,18H2,1-4H3. The average Bonchev–Trinajstić information content (AvgIpc) is 2.32. The second kappa shape index (κ2) is 8.66. The Bertz CT molecular complexity index is 281.